The molecule has 1 amide bonds. The Morgan fingerprint density at radius 1 is 1.25 bits per heavy atom. The minimum Gasteiger partial charge on any atom is -0.300 e. The normalized spacial score (nSPS) is 16.2. The lowest BCUT2D eigenvalue weighted by atomic mass is 9.97. The molecule has 2 heterocycles. The molecule has 28 heavy (non-hydrogen) atoms. The second-order valence-electron chi connectivity index (χ2n) is 6.73. The lowest BCUT2D eigenvalue weighted by Crippen LogP contribution is -2.41. The zero-order chi connectivity index (χ0) is 20.1. The number of halogens is 1. The maximum atomic E-state index is 13.0. The van der Waals surface area contributed by atoms with E-state index in [1.807, 2.05) is 0 Å². The number of anilines is 1. The molecule has 1 aliphatic heterocycles. The molecule has 3 rings (SSSR count). The molecule has 1 aromatic carbocycles. The number of hydrogen-bond acceptors (Lipinski definition) is 6. The Bertz CT molecular complexity index is 907. The number of unbranched alkanes of at least 4 members (excludes halogenated alkanes) is 1. The van der Waals surface area contributed by atoms with Crippen LogP contribution in [0.4, 0.5) is 9.52 Å². The number of hydrogen-bond donors (Lipinski definition) is 1. The van der Waals surface area contributed by atoms with Crippen LogP contribution >= 0.6 is 11.3 Å². The molecule has 2 aromatic rings. The van der Waals surface area contributed by atoms with E-state index in [9.17, 15) is 17.6 Å². The Balaban J connectivity index is 1.55. The van der Waals surface area contributed by atoms with E-state index >= 15 is 0 Å². The SMILES string of the molecule is CCCCc1nnc(NC(=O)C2CCN(S(=O)(=O)c3ccc(F)cc3)CC2)s1. The van der Waals surface area contributed by atoms with Crippen LogP contribution in [0.5, 0.6) is 0 Å². The molecule has 152 valence electrons. The van der Waals surface area contributed by atoms with Crippen LogP contribution in [-0.2, 0) is 21.2 Å². The van der Waals surface area contributed by atoms with E-state index in [1.54, 1.807) is 0 Å². The number of amides is 1. The first kappa shape index (κ1) is 20.8. The highest BCUT2D eigenvalue weighted by atomic mass is 32.2. The first-order chi connectivity index (χ1) is 13.4. The van der Waals surface area contributed by atoms with Crippen molar-refractivity contribution in [1.29, 1.82) is 0 Å². The number of carbonyl (C=O) groups excluding carboxylic acids is 1. The predicted octanol–water partition coefficient (Wildman–Crippen LogP) is 3.06. The summed E-state index contributed by atoms with van der Waals surface area (Å²) < 4.78 is 39.7. The van der Waals surface area contributed by atoms with Gasteiger partial charge in [0.05, 0.1) is 4.90 Å². The largest absolute Gasteiger partial charge is 0.300 e. The molecule has 10 heteroatoms. The predicted molar refractivity (Wildman–Crippen MR) is 105 cm³/mol. The van der Waals surface area contributed by atoms with E-state index < -0.39 is 15.8 Å². The van der Waals surface area contributed by atoms with Crippen LogP contribution in [0.3, 0.4) is 0 Å². The Labute approximate surface area is 168 Å². The maximum absolute atomic E-state index is 13.0. The third kappa shape index (κ3) is 4.92. The summed E-state index contributed by atoms with van der Waals surface area (Å²) in [6.45, 7) is 2.59. The van der Waals surface area contributed by atoms with Gasteiger partial charge in [-0.25, -0.2) is 12.8 Å². The Hall–Kier alpha value is -1.91. The Morgan fingerprint density at radius 3 is 2.57 bits per heavy atom. The van der Waals surface area contributed by atoms with Crippen molar-refractivity contribution in [3.05, 3.63) is 35.1 Å². The van der Waals surface area contributed by atoms with E-state index in [0.29, 0.717) is 18.0 Å². The summed E-state index contributed by atoms with van der Waals surface area (Å²) in [5.74, 6) is -0.913. The smallest absolute Gasteiger partial charge is 0.243 e. The van der Waals surface area contributed by atoms with Gasteiger partial charge in [-0.2, -0.15) is 4.31 Å². The monoisotopic (exact) mass is 426 g/mol. The summed E-state index contributed by atoms with van der Waals surface area (Å²) >= 11 is 1.38. The molecule has 0 unspecified atom stereocenters. The number of aryl methyl sites for hydroxylation is 1. The molecule has 1 fully saturated rings. The summed E-state index contributed by atoms with van der Waals surface area (Å²) in [5, 5.41) is 12.3. The lowest BCUT2D eigenvalue weighted by Gasteiger charge is -2.30. The minimum atomic E-state index is -3.68. The molecule has 1 aromatic heterocycles. The molecule has 0 radical (unpaired) electrons. The van der Waals surface area contributed by atoms with Gasteiger partial charge in [-0.15, -0.1) is 10.2 Å². The summed E-state index contributed by atoms with van der Waals surface area (Å²) in [4.78, 5) is 12.5. The molecule has 0 bridgehead atoms. The molecule has 1 saturated heterocycles. The number of aromatic nitrogens is 2. The standard InChI is InChI=1S/C18H23FN4O3S2/c1-2-3-4-16-21-22-18(27-16)20-17(24)13-9-11-23(12-10-13)28(25,26)15-7-5-14(19)6-8-15/h5-8,13H,2-4,9-12H2,1H3,(H,20,22,24). The average molecular weight is 427 g/mol. The van der Waals surface area contributed by atoms with Crippen LogP contribution in [0.25, 0.3) is 0 Å². The second kappa shape index (κ2) is 9.06. The molecule has 0 saturated carbocycles. The third-order valence-electron chi connectivity index (χ3n) is 4.72. The van der Waals surface area contributed by atoms with Crippen LogP contribution in [0.1, 0.15) is 37.6 Å². The fourth-order valence-electron chi connectivity index (χ4n) is 3.05. The van der Waals surface area contributed by atoms with Gasteiger partial charge in [0, 0.05) is 25.4 Å². The fraction of sp³-hybridized carbons (Fsp3) is 0.500. The molecule has 0 spiro atoms. The number of sulfonamides is 1. The van der Waals surface area contributed by atoms with Crippen molar-refractivity contribution in [1.82, 2.24) is 14.5 Å². The molecule has 0 aliphatic carbocycles. The fourth-order valence-corrected chi connectivity index (χ4v) is 5.31. The zero-order valence-corrected chi connectivity index (χ0v) is 17.2. The highest BCUT2D eigenvalue weighted by molar-refractivity contribution is 7.89. The van der Waals surface area contributed by atoms with E-state index in [0.717, 1.165) is 36.4 Å². The highest BCUT2D eigenvalue weighted by Gasteiger charge is 2.32. The third-order valence-corrected chi connectivity index (χ3v) is 7.53. The first-order valence-corrected chi connectivity index (χ1v) is 11.5. The van der Waals surface area contributed by atoms with Gasteiger partial charge in [0.1, 0.15) is 10.8 Å². The van der Waals surface area contributed by atoms with Crippen LogP contribution in [-0.4, -0.2) is 41.9 Å². The minimum absolute atomic E-state index is 0.0604. The van der Waals surface area contributed by atoms with E-state index in [-0.39, 0.29) is 29.8 Å². The van der Waals surface area contributed by atoms with Gasteiger partial charge >= 0.3 is 0 Å². The van der Waals surface area contributed by atoms with Crippen molar-refractivity contribution >= 4 is 32.4 Å². The maximum Gasteiger partial charge on any atom is 0.243 e. The van der Waals surface area contributed by atoms with E-state index in [2.05, 4.69) is 22.4 Å². The Kier molecular flexibility index (Phi) is 6.73. The quantitative estimate of drug-likeness (QED) is 0.735. The van der Waals surface area contributed by atoms with Crippen molar-refractivity contribution in [2.45, 2.75) is 43.9 Å². The van der Waals surface area contributed by atoms with Crippen LogP contribution < -0.4 is 5.32 Å². The van der Waals surface area contributed by atoms with Crippen molar-refractivity contribution < 1.29 is 17.6 Å². The number of nitrogens with zero attached hydrogens (tertiary/aromatic N) is 3. The van der Waals surface area contributed by atoms with Crippen molar-refractivity contribution in [2.75, 3.05) is 18.4 Å². The summed E-state index contributed by atoms with van der Waals surface area (Å²) in [6, 6.07) is 4.78. The van der Waals surface area contributed by atoms with Crippen molar-refractivity contribution in [3.63, 3.8) is 0 Å². The van der Waals surface area contributed by atoms with Crippen LogP contribution in [0, 0.1) is 11.7 Å². The summed E-state index contributed by atoms with van der Waals surface area (Å²) in [6.07, 6.45) is 3.80. The van der Waals surface area contributed by atoms with E-state index in [1.165, 1.54) is 27.8 Å². The number of carbonyl (C=O) groups is 1. The average Bonchev–Trinajstić information content (AvgIpc) is 3.14. The molecular weight excluding hydrogens is 403 g/mol. The number of rotatable bonds is 7. The topological polar surface area (TPSA) is 92.3 Å². The van der Waals surface area contributed by atoms with Crippen molar-refractivity contribution in [2.24, 2.45) is 5.92 Å². The van der Waals surface area contributed by atoms with Gasteiger partial charge in [-0.05, 0) is 43.5 Å². The highest BCUT2D eigenvalue weighted by Crippen LogP contribution is 2.26. The molecule has 1 aliphatic rings. The number of benzene rings is 1. The number of piperidine rings is 1. The van der Waals surface area contributed by atoms with Crippen LogP contribution in [0.15, 0.2) is 29.2 Å². The van der Waals surface area contributed by atoms with E-state index in [4.69, 9.17) is 0 Å². The van der Waals surface area contributed by atoms with Gasteiger partial charge in [0.2, 0.25) is 21.1 Å². The second-order valence-corrected chi connectivity index (χ2v) is 9.73. The zero-order valence-electron chi connectivity index (χ0n) is 15.6. The van der Waals surface area contributed by atoms with Gasteiger partial charge in [-0.3, -0.25) is 4.79 Å². The van der Waals surface area contributed by atoms with Gasteiger partial charge in [0.25, 0.3) is 0 Å². The van der Waals surface area contributed by atoms with Gasteiger partial charge in [-0.1, -0.05) is 24.7 Å². The molecule has 1 N–H and O–H groups in total. The van der Waals surface area contributed by atoms with Crippen molar-refractivity contribution in [3.8, 4) is 0 Å². The lowest BCUT2D eigenvalue weighted by molar-refractivity contribution is -0.120. The molecule has 7 nitrogen and oxygen atoms in total. The molecule has 0 atom stereocenters. The summed E-state index contributed by atoms with van der Waals surface area (Å²) in [5.41, 5.74) is 0. The van der Waals surface area contributed by atoms with Gasteiger partial charge in [0.15, 0.2) is 0 Å². The number of nitrogens with one attached hydrogen (secondary N) is 1. The van der Waals surface area contributed by atoms with Gasteiger partial charge < -0.3 is 5.32 Å². The van der Waals surface area contributed by atoms with Crippen LogP contribution in [0.2, 0.25) is 0 Å². The summed E-state index contributed by atoms with van der Waals surface area (Å²) in [7, 11) is -3.68. The first-order valence-electron chi connectivity index (χ1n) is 9.29. The Morgan fingerprint density at radius 2 is 1.93 bits per heavy atom. The molecular formula is C18H23FN4O3S2.